The lowest BCUT2D eigenvalue weighted by Crippen LogP contribution is -2.18. The minimum Gasteiger partial charge on any atom is -0.341 e. The fourth-order valence-electron chi connectivity index (χ4n) is 3.19. The molecule has 1 aliphatic carbocycles. The molecule has 1 fully saturated rings. The highest BCUT2D eigenvalue weighted by atomic mass is 19.1. The first-order valence-electron chi connectivity index (χ1n) is 7.79. The number of nitrogens with one attached hydrogen (secondary N) is 1. The summed E-state index contributed by atoms with van der Waals surface area (Å²) in [5, 5.41) is 0. The Morgan fingerprint density at radius 3 is 2.62 bits per heavy atom. The molecule has 0 spiro atoms. The highest BCUT2D eigenvalue weighted by Gasteiger charge is 2.19. The van der Waals surface area contributed by atoms with Gasteiger partial charge in [0.1, 0.15) is 11.6 Å². The summed E-state index contributed by atoms with van der Waals surface area (Å²) in [5.74, 6) is 1.33. The van der Waals surface area contributed by atoms with Crippen LogP contribution in [-0.2, 0) is 0 Å². The third kappa shape index (κ3) is 3.50. The molecule has 1 aromatic heterocycles. The molecule has 0 radical (unpaired) electrons. The molecule has 1 aromatic carbocycles. The number of hydrogen-bond donors (Lipinski definition) is 2. The Labute approximate surface area is 124 Å². The van der Waals surface area contributed by atoms with Gasteiger partial charge in [0, 0.05) is 0 Å². The molecule has 3 N–H and O–H groups in total. The van der Waals surface area contributed by atoms with Gasteiger partial charge < -0.3 is 10.7 Å². The van der Waals surface area contributed by atoms with Crippen LogP contribution in [0.4, 0.5) is 4.39 Å². The van der Waals surface area contributed by atoms with Gasteiger partial charge in [-0.05, 0) is 42.2 Å². The van der Waals surface area contributed by atoms with E-state index in [0.717, 1.165) is 29.4 Å². The van der Waals surface area contributed by atoms with Gasteiger partial charge in [0.15, 0.2) is 0 Å². The average molecular weight is 287 g/mol. The van der Waals surface area contributed by atoms with Gasteiger partial charge in [-0.15, -0.1) is 0 Å². The number of imidazole rings is 1. The van der Waals surface area contributed by atoms with E-state index in [1.165, 1.54) is 44.2 Å². The number of hydrogen-bond acceptors (Lipinski definition) is 2. The van der Waals surface area contributed by atoms with Crippen LogP contribution in [0.2, 0.25) is 0 Å². The van der Waals surface area contributed by atoms with Crippen molar-refractivity contribution in [2.75, 3.05) is 0 Å². The molecule has 3 rings (SSSR count). The number of benzene rings is 1. The van der Waals surface area contributed by atoms with Crippen molar-refractivity contribution in [2.24, 2.45) is 11.7 Å². The van der Waals surface area contributed by atoms with Crippen LogP contribution in [0.25, 0.3) is 11.3 Å². The van der Waals surface area contributed by atoms with Gasteiger partial charge in [-0.1, -0.05) is 32.1 Å². The summed E-state index contributed by atoms with van der Waals surface area (Å²) in [5.41, 5.74) is 8.11. The average Bonchev–Trinajstić information content (AvgIpc) is 2.99. The fraction of sp³-hybridized carbons (Fsp3) is 0.471. The van der Waals surface area contributed by atoms with Gasteiger partial charge in [0.2, 0.25) is 0 Å². The van der Waals surface area contributed by atoms with Crippen LogP contribution in [0.1, 0.15) is 50.4 Å². The summed E-state index contributed by atoms with van der Waals surface area (Å²) in [6.07, 6.45) is 9.38. The lowest BCUT2D eigenvalue weighted by Gasteiger charge is -2.23. The standard InChI is InChI=1S/C17H22FN3/c18-14-8-6-13(7-9-14)16-11-20-17(21-16)15(19)10-12-4-2-1-3-5-12/h6-9,11-12,15H,1-5,10,19H2,(H,20,21)/t15-/m1/s1. The third-order valence-corrected chi connectivity index (χ3v) is 4.41. The number of nitrogens with two attached hydrogens (primary N) is 1. The summed E-state index contributed by atoms with van der Waals surface area (Å²) in [6.45, 7) is 0. The lowest BCUT2D eigenvalue weighted by molar-refractivity contribution is 0.316. The molecule has 0 aliphatic heterocycles. The van der Waals surface area contributed by atoms with Gasteiger partial charge >= 0.3 is 0 Å². The van der Waals surface area contributed by atoms with Crippen molar-refractivity contribution >= 4 is 0 Å². The van der Waals surface area contributed by atoms with Crippen molar-refractivity contribution in [3.63, 3.8) is 0 Å². The van der Waals surface area contributed by atoms with E-state index in [9.17, 15) is 4.39 Å². The Morgan fingerprint density at radius 2 is 1.90 bits per heavy atom. The minimum atomic E-state index is -0.229. The van der Waals surface area contributed by atoms with Crippen LogP contribution in [0, 0.1) is 11.7 Å². The molecule has 0 amide bonds. The van der Waals surface area contributed by atoms with E-state index in [1.807, 2.05) is 0 Å². The highest BCUT2D eigenvalue weighted by molar-refractivity contribution is 5.58. The number of rotatable bonds is 4. The molecule has 0 saturated heterocycles. The maximum absolute atomic E-state index is 13.0. The van der Waals surface area contributed by atoms with Crippen LogP contribution < -0.4 is 5.73 Å². The van der Waals surface area contributed by atoms with Crippen LogP contribution in [-0.4, -0.2) is 9.97 Å². The van der Waals surface area contributed by atoms with Crippen molar-refractivity contribution in [3.05, 3.63) is 42.1 Å². The minimum absolute atomic E-state index is 0.0395. The zero-order valence-corrected chi connectivity index (χ0v) is 12.2. The van der Waals surface area contributed by atoms with Gasteiger partial charge in [-0.2, -0.15) is 0 Å². The highest BCUT2D eigenvalue weighted by Crippen LogP contribution is 2.30. The van der Waals surface area contributed by atoms with Gasteiger partial charge in [0.05, 0.1) is 17.9 Å². The molecule has 1 saturated carbocycles. The number of halogens is 1. The van der Waals surface area contributed by atoms with Crippen molar-refractivity contribution in [1.29, 1.82) is 0 Å². The monoisotopic (exact) mass is 287 g/mol. The van der Waals surface area contributed by atoms with Crippen LogP contribution in [0.5, 0.6) is 0 Å². The Morgan fingerprint density at radius 1 is 1.19 bits per heavy atom. The summed E-state index contributed by atoms with van der Waals surface area (Å²) in [7, 11) is 0. The Kier molecular flexibility index (Phi) is 4.34. The molecule has 1 heterocycles. The van der Waals surface area contributed by atoms with E-state index in [-0.39, 0.29) is 11.9 Å². The van der Waals surface area contributed by atoms with Crippen molar-refractivity contribution < 1.29 is 4.39 Å². The second kappa shape index (κ2) is 6.39. The predicted octanol–water partition coefficient (Wildman–Crippen LogP) is 4.19. The molecule has 112 valence electrons. The van der Waals surface area contributed by atoms with Crippen molar-refractivity contribution in [1.82, 2.24) is 9.97 Å². The first kappa shape index (κ1) is 14.3. The molecule has 21 heavy (non-hydrogen) atoms. The molecule has 0 unspecified atom stereocenters. The topological polar surface area (TPSA) is 54.7 Å². The Bertz CT molecular complexity index is 570. The largest absolute Gasteiger partial charge is 0.341 e. The van der Waals surface area contributed by atoms with Gasteiger partial charge in [-0.25, -0.2) is 9.37 Å². The normalized spacial score (nSPS) is 17.8. The molecule has 4 heteroatoms. The van der Waals surface area contributed by atoms with Crippen molar-refractivity contribution in [3.8, 4) is 11.3 Å². The van der Waals surface area contributed by atoms with Crippen LogP contribution in [0.3, 0.4) is 0 Å². The SMILES string of the molecule is N[C@H](CC1CCCCC1)c1ncc(-c2ccc(F)cc2)[nH]1. The second-order valence-electron chi connectivity index (χ2n) is 6.04. The summed E-state index contributed by atoms with van der Waals surface area (Å²) in [4.78, 5) is 7.69. The molecule has 1 atom stereocenters. The molecule has 2 aromatic rings. The van der Waals surface area contributed by atoms with Crippen molar-refractivity contribution in [2.45, 2.75) is 44.6 Å². The van der Waals surface area contributed by atoms with E-state index in [0.29, 0.717) is 0 Å². The third-order valence-electron chi connectivity index (χ3n) is 4.41. The van der Waals surface area contributed by atoms with Gasteiger partial charge in [0.25, 0.3) is 0 Å². The summed E-state index contributed by atoms with van der Waals surface area (Å²) in [6, 6.07) is 6.37. The summed E-state index contributed by atoms with van der Waals surface area (Å²) >= 11 is 0. The fourth-order valence-corrected chi connectivity index (χ4v) is 3.19. The molecular weight excluding hydrogens is 265 g/mol. The van der Waals surface area contributed by atoms with E-state index >= 15 is 0 Å². The maximum atomic E-state index is 13.0. The molecule has 1 aliphatic rings. The Hall–Kier alpha value is -1.68. The quantitative estimate of drug-likeness (QED) is 0.886. The van der Waals surface area contributed by atoms with Crippen LogP contribution in [0.15, 0.2) is 30.5 Å². The maximum Gasteiger partial charge on any atom is 0.123 e. The first-order chi connectivity index (χ1) is 10.2. The number of aromatic nitrogens is 2. The number of nitrogens with zero attached hydrogens (tertiary/aromatic N) is 1. The van der Waals surface area contributed by atoms with E-state index in [2.05, 4.69) is 9.97 Å². The predicted molar refractivity (Wildman–Crippen MR) is 82.1 cm³/mol. The van der Waals surface area contributed by atoms with Gasteiger partial charge in [-0.3, -0.25) is 0 Å². The molecule has 3 nitrogen and oxygen atoms in total. The van der Waals surface area contributed by atoms with Crippen LogP contribution >= 0.6 is 0 Å². The lowest BCUT2D eigenvalue weighted by atomic mass is 9.85. The van der Waals surface area contributed by atoms with E-state index in [4.69, 9.17) is 5.73 Å². The summed E-state index contributed by atoms with van der Waals surface area (Å²) < 4.78 is 13.0. The number of aromatic amines is 1. The smallest absolute Gasteiger partial charge is 0.123 e. The Balaban J connectivity index is 1.67. The first-order valence-corrected chi connectivity index (χ1v) is 7.79. The van der Waals surface area contributed by atoms with E-state index in [1.54, 1.807) is 18.3 Å². The second-order valence-corrected chi connectivity index (χ2v) is 6.04. The zero-order chi connectivity index (χ0) is 14.7. The zero-order valence-electron chi connectivity index (χ0n) is 12.2. The molecular formula is C17H22FN3. The van der Waals surface area contributed by atoms with E-state index < -0.39 is 0 Å². The number of H-pyrrole nitrogens is 1. The molecule has 0 bridgehead atoms.